The molecule has 3 heterocycles. The Bertz CT molecular complexity index is 1110. The summed E-state index contributed by atoms with van der Waals surface area (Å²) in [6, 6.07) is 7.93. The molecule has 1 amide bonds. The SMILES string of the molecule is Cc1cc(OCC(=O)N2CCN(Cc3cccs3)CC2)c2c(C)c(C)c(=O)oc2c1. The summed E-state index contributed by atoms with van der Waals surface area (Å²) in [6.45, 7) is 9.58. The third-order valence-corrected chi connectivity index (χ3v) is 6.55. The number of hydrogen-bond donors (Lipinski definition) is 0. The average Bonchev–Trinajstić information content (AvgIpc) is 3.23. The maximum Gasteiger partial charge on any atom is 0.339 e. The van der Waals surface area contributed by atoms with Crippen molar-refractivity contribution in [2.24, 2.45) is 0 Å². The van der Waals surface area contributed by atoms with Crippen LogP contribution in [0.15, 0.2) is 38.9 Å². The molecule has 6 nitrogen and oxygen atoms in total. The van der Waals surface area contributed by atoms with E-state index in [1.54, 1.807) is 18.3 Å². The van der Waals surface area contributed by atoms with Gasteiger partial charge in [-0.15, -0.1) is 11.3 Å². The number of thiophene rings is 1. The minimum atomic E-state index is -0.340. The van der Waals surface area contributed by atoms with Crippen LogP contribution in [0.3, 0.4) is 0 Å². The van der Waals surface area contributed by atoms with Crippen molar-refractivity contribution in [2.45, 2.75) is 27.3 Å². The monoisotopic (exact) mass is 426 g/mol. The Morgan fingerprint density at radius 2 is 1.90 bits per heavy atom. The predicted octanol–water partition coefficient (Wildman–Crippen LogP) is 3.50. The molecule has 0 radical (unpaired) electrons. The number of fused-ring (bicyclic) bond motifs is 1. The maximum absolute atomic E-state index is 12.7. The summed E-state index contributed by atoms with van der Waals surface area (Å²) < 4.78 is 11.4. The zero-order valence-corrected chi connectivity index (χ0v) is 18.4. The molecule has 1 aliphatic heterocycles. The maximum atomic E-state index is 12.7. The van der Waals surface area contributed by atoms with Gasteiger partial charge >= 0.3 is 5.63 Å². The first-order valence-electron chi connectivity index (χ1n) is 10.1. The molecule has 0 N–H and O–H groups in total. The molecular weight excluding hydrogens is 400 g/mol. The second-order valence-corrected chi connectivity index (χ2v) is 8.83. The summed E-state index contributed by atoms with van der Waals surface area (Å²) in [5, 5.41) is 2.85. The second-order valence-electron chi connectivity index (χ2n) is 7.80. The largest absolute Gasteiger partial charge is 0.483 e. The zero-order chi connectivity index (χ0) is 21.3. The normalized spacial score (nSPS) is 15.0. The van der Waals surface area contributed by atoms with Crippen LogP contribution in [0, 0.1) is 20.8 Å². The molecule has 0 bridgehead atoms. The van der Waals surface area contributed by atoms with Gasteiger partial charge in [0.15, 0.2) is 6.61 Å². The van der Waals surface area contributed by atoms with E-state index in [1.165, 1.54) is 4.88 Å². The summed E-state index contributed by atoms with van der Waals surface area (Å²) in [5.74, 6) is 0.561. The molecule has 7 heteroatoms. The van der Waals surface area contributed by atoms with Gasteiger partial charge in [-0.1, -0.05) is 6.07 Å². The first kappa shape index (κ1) is 20.6. The molecule has 30 heavy (non-hydrogen) atoms. The molecule has 0 atom stereocenters. The van der Waals surface area contributed by atoms with Crippen molar-refractivity contribution in [2.75, 3.05) is 32.8 Å². The van der Waals surface area contributed by atoms with E-state index in [4.69, 9.17) is 9.15 Å². The van der Waals surface area contributed by atoms with Crippen LogP contribution in [-0.4, -0.2) is 48.5 Å². The minimum Gasteiger partial charge on any atom is -0.483 e. The molecule has 0 saturated carbocycles. The van der Waals surface area contributed by atoms with E-state index >= 15 is 0 Å². The highest BCUT2D eigenvalue weighted by Gasteiger charge is 2.22. The third kappa shape index (κ3) is 4.27. The molecule has 1 aromatic carbocycles. The van der Waals surface area contributed by atoms with E-state index in [0.717, 1.165) is 36.1 Å². The number of carbonyl (C=O) groups is 1. The Balaban J connectivity index is 1.41. The van der Waals surface area contributed by atoms with Gasteiger partial charge in [-0.3, -0.25) is 9.69 Å². The molecule has 1 aliphatic rings. The molecular formula is C23H26N2O4S. The number of nitrogens with zero attached hydrogens (tertiary/aromatic N) is 2. The summed E-state index contributed by atoms with van der Waals surface area (Å²) in [4.78, 5) is 30.3. The lowest BCUT2D eigenvalue weighted by molar-refractivity contribution is -0.135. The highest BCUT2D eigenvalue weighted by molar-refractivity contribution is 7.09. The Labute approximate surface area is 179 Å². The number of hydrogen-bond acceptors (Lipinski definition) is 6. The first-order chi connectivity index (χ1) is 14.4. The molecule has 4 rings (SSSR count). The summed E-state index contributed by atoms with van der Waals surface area (Å²) in [7, 11) is 0. The zero-order valence-electron chi connectivity index (χ0n) is 17.6. The molecule has 3 aromatic rings. The number of ether oxygens (including phenoxy) is 1. The quantitative estimate of drug-likeness (QED) is 0.585. The van der Waals surface area contributed by atoms with Gasteiger partial charge in [0.1, 0.15) is 11.3 Å². The summed E-state index contributed by atoms with van der Waals surface area (Å²) in [6.07, 6.45) is 0. The summed E-state index contributed by atoms with van der Waals surface area (Å²) >= 11 is 1.76. The summed E-state index contributed by atoms with van der Waals surface area (Å²) in [5.41, 5.74) is 2.45. The van der Waals surface area contributed by atoms with E-state index < -0.39 is 0 Å². The average molecular weight is 427 g/mol. The number of rotatable bonds is 5. The van der Waals surface area contributed by atoms with E-state index in [2.05, 4.69) is 22.4 Å². The van der Waals surface area contributed by atoms with Gasteiger partial charge in [-0.2, -0.15) is 0 Å². The van der Waals surface area contributed by atoms with Gasteiger partial charge in [-0.05, 0) is 55.5 Å². The number of aryl methyl sites for hydroxylation is 2. The molecule has 1 saturated heterocycles. The Hall–Kier alpha value is -2.64. The van der Waals surface area contributed by atoms with Crippen LogP contribution in [0.25, 0.3) is 11.0 Å². The number of benzene rings is 1. The van der Waals surface area contributed by atoms with Crippen molar-refractivity contribution in [3.63, 3.8) is 0 Å². The highest BCUT2D eigenvalue weighted by Crippen LogP contribution is 2.31. The molecule has 1 fully saturated rings. The second kappa shape index (κ2) is 8.62. The Morgan fingerprint density at radius 3 is 2.60 bits per heavy atom. The van der Waals surface area contributed by atoms with Gasteiger partial charge < -0.3 is 14.1 Å². The highest BCUT2D eigenvalue weighted by atomic mass is 32.1. The Morgan fingerprint density at radius 1 is 1.13 bits per heavy atom. The first-order valence-corrected chi connectivity index (χ1v) is 11.0. The van der Waals surface area contributed by atoms with Crippen molar-refractivity contribution in [1.29, 1.82) is 0 Å². The molecule has 2 aromatic heterocycles. The van der Waals surface area contributed by atoms with Gasteiger partial charge in [0, 0.05) is 43.2 Å². The van der Waals surface area contributed by atoms with Gasteiger partial charge in [0.05, 0.1) is 5.39 Å². The fourth-order valence-electron chi connectivity index (χ4n) is 3.81. The predicted molar refractivity (Wildman–Crippen MR) is 118 cm³/mol. The van der Waals surface area contributed by atoms with Crippen molar-refractivity contribution < 1.29 is 13.9 Å². The lowest BCUT2D eigenvalue weighted by atomic mass is 10.0. The van der Waals surface area contributed by atoms with Crippen molar-refractivity contribution in [1.82, 2.24) is 9.80 Å². The lowest BCUT2D eigenvalue weighted by Crippen LogP contribution is -2.49. The topological polar surface area (TPSA) is 63.0 Å². The van der Waals surface area contributed by atoms with Crippen LogP contribution < -0.4 is 10.4 Å². The van der Waals surface area contributed by atoms with Gasteiger partial charge in [0.2, 0.25) is 0 Å². The van der Waals surface area contributed by atoms with E-state index in [0.29, 0.717) is 30.0 Å². The fourth-order valence-corrected chi connectivity index (χ4v) is 4.56. The number of amides is 1. The standard InChI is InChI=1S/C23H26N2O4S/c1-15-11-19(22-16(2)17(3)23(27)29-20(22)12-15)28-14-21(26)25-8-6-24(7-9-25)13-18-5-4-10-30-18/h4-5,10-12H,6-9,13-14H2,1-3H3. The minimum absolute atomic E-state index is 0.0211. The van der Waals surface area contributed by atoms with Gasteiger partial charge in [0.25, 0.3) is 5.91 Å². The molecule has 0 spiro atoms. The Kier molecular flexibility index (Phi) is 5.92. The number of piperazine rings is 1. The smallest absolute Gasteiger partial charge is 0.339 e. The van der Waals surface area contributed by atoms with Crippen molar-refractivity contribution in [3.05, 3.63) is 61.6 Å². The van der Waals surface area contributed by atoms with Gasteiger partial charge in [-0.25, -0.2) is 4.79 Å². The molecule has 0 unspecified atom stereocenters. The van der Waals surface area contributed by atoms with Crippen LogP contribution in [0.4, 0.5) is 0 Å². The number of carbonyl (C=O) groups excluding carboxylic acids is 1. The van der Waals surface area contributed by atoms with E-state index in [1.807, 2.05) is 30.9 Å². The van der Waals surface area contributed by atoms with Crippen LogP contribution in [0.1, 0.15) is 21.6 Å². The van der Waals surface area contributed by atoms with Crippen LogP contribution in [0.5, 0.6) is 5.75 Å². The van der Waals surface area contributed by atoms with E-state index in [-0.39, 0.29) is 18.1 Å². The molecule has 158 valence electrons. The fraction of sp³-hybridized carbons (Fsp3) is 0.391. The third-order valence-electron chi connectivity index (χ3n) is 5.69. The lowest BCUT2D eigenvalue weighted by Gasteiger charge is -2.34. The molecule has 0 aliphatic carbocycles. The van der Waals surface area contributed by atoms with Crippen LogP contribution in [-0.2, 0) is 11.3 Å². The van der Waals surface area contributed by atoms with Crippen molar-refractivity contribution in [3.8, 4) is 5.75 Å². The van der Waals surface area contributed by atoms with Crippen LogP contribution >= 0.6 is 11.3 Å². The van der Waals surface area contributed by atoms with Crippen LogP contribution in [0.2, 0.25) is 0 Å². The van der Waals surface area contributed by atoms with E-state index in [9.17, 15) is 9.59 Å². The van der Waals surface area contributed by atoms with Crippen molar-refractivity contribution >= 4 is 28.2 Å².